The van der Waals surface area contributed by atoms with Crippen molar-refractivity contribution in [2.24, 2.45) is 0 Å². The monoisotopic (exact) mass is 192 g/mol. The Kier molecular flexibility index (Phi) is 2.23. The summed E-state index contributed by atoms with van der Waals surface area (Å²) in [7, 11) is 0. The Morgan fingerprint density at radius 2 is 2.36 bits per heavy atom. The first-order chi connectivity index (χ1) is 6.72. The maximum absolute atomic E-state index is 9.41. The Bertz CT molecular complexity index is 450. The molecule has 0 saturated heterocycles. The molecule has 74 valence electrons. The van der Waals surface area contributed by atoms with Gasteiger partial charge in [0.1, 0.15) is 11.8 Å². The molecule has 0 aromatic carbocycles. The van der Waals surface area contributed by atoms with Crippen LogP contribution in [0.4, 0.5) is 0 Å². The number of hydrogen-bond donors (Lipinski definition) is 2. The van der Waals surface area contributed by atoms with Gasteiger partial charge in [0.25, 0.3) is 0 Å². The highest BCUT2D eigenvalue weighted by Gasteiger charge is 2.07. The van der Waals surface area contributed by atoms with Gasteiger partial charge in [0.2, 0.25) is 0 Å². The molecule has 2 rings (SSSR count). The van der Waals surface area contributed by atoms with Gasteiger partial charge in [0.05, 0.1) is 6.61 Å². The fourth-order valence-corrected chi connectivity index (χ4v) is 1.44. The first-order valence-electron chi connectivity index (χ1n) is 4.45. The van der Waals surface area contributed by atoms with Crippen molar-refractivity contribution < 1.29 is 10.2 Å². The topological polar surface area (TPSA) is 57.8 Å². The fraction of sp³-hybridized carbons (Fsp3) is 0.300. The molecule has 2 aromatic heterocycles. The molecule has 0 bridgehead atoms. The van der Waals surface area contributed by atoms with Crippen LogP contribution >= 0.6 is 0 Å². The Hall–Kier alpha value is -1.39. The number of aliphatic hydroxyl groups is 2. The van der Waals surface area contributed by atoms with Crippen LogP contribution in [0.15, 0.2) is 24.5 Å². The largest absolute Gasteiger partial charge is 0.393 e. The number of nitrogens with zero attached hydrogens (tertiary/aromatic N) is 2. The number of hydrogen-bond acceptors (Lipinski definition) is 3. The van der Waals surface area contributed by atoms with Crippen LogP contribution in [0.25, 0.3) is 5.65 Å². The standard InChI is InChI=1S/C10H12N2O2/c1-7-5-11-10-4-8(9(14)6-13)2-3-12(7)10/h2-5,9,13-14H,6H2,1H3. The first kappa shape index (κ1) is 9.18. The second-order valence-corrected chi connectivity index (χ2v) is 3.29. The van der Waals surface area contributed by atoms with Gasteiger partial charge < -0.3 is 14.6 Å². The highest BCUT2D eigenvalue weighted by Crippen LogP contribution is 2.15. The van der Waals surface area contributed by atoms with Crippen LogP contribution in [-0.4, -0.2) is 26.2 Å². The normalized spacial score (nSPS) is 13.4. The van der Waals surface area contributed by atoms with Crippen molar-refractivity contribution in [3.05, 3.63) is 35.8 Å². The summed E-state index contributed by atoms with van der Waals surface area (Å²) in [6.07, 6.45) is 2.79. The molecule has 4 heteroatoms. The van der Waals surface area contributed by atoms with Crippen molar-refractivity contribution >= 4 is 5.65 Å². The second kappa shape index (κ2) is 3.40. The predicted octanol–water partition coefficient (Wildman–Crippen LogP) is 0.668. The predicted molar refractivity (Wildman–Crippen MR) is 52.0 cm³/mol. The molecular weight excluding hydrogens is 180 g/mol. The van der Waals surface area contributed by atoms with E-state index in [0.717, 1.165) is 11.3 Å². The molecule has 0 fully saturated rings. The zero-order valence-corrected chi connectivity index (χ0v) is 7.88. The Morgan fingerprint density at radius 3 is 3.07 bits per heavy atom. The van der Waals surface area contributed by atoms with E-state index >= 15 is 0 Å². The summed E-state index contributed by atoms with van der Waals surface area (Å²) in [5.41, 5.74) is 2.52. The number of imidazole rings is 1. The van der Waals surface area contributed by atoms with E-state index in [-0.39, 0.29) is 6.61 Å². The lowest BCUT2D eigenvalue weighted by Crippen LogP contribution is -2.03. The summed E-state index contributed by atoms with van der Waals surface area (Å²) >= 11 is 0. The third kappa shape index (κ3) is 1.38. The lowest BCUT2D eigenvalue weighted by atomic mass is 10.1. The van der Waals surface area contributed by atoms with Crippen LogP contribution in [0.5, 0.6) is 0 Å². The zero-order chi connectivity index (χ0) is 10.1. The SMILES string of the molecule is Cc1cnc2cc(C(O)CO)ccn12. The number of aryl methyl sites for hydroxylation is 1. The molecule has 2 aromatic rings. The summed E-state index contributed by atoms with van der Waals surface area (Å²) in [5.74, 6) is 0. The molecule has 1 unspecified atom stereocenters. The number of aromatic nitrogens is 2. The van der Waals surface area contributed by atoms with E-state index in [1.165, 1.54) is 0 Å². The fourth-order valence-electron chi connectivity index (χ4n) is 1.44. The lowest BCUT2D eigenvalue weighted by Gasteiger charge is -2.07. The van der Waals surface area contributed by atoms with Gasteiger partial charge in [-0.1, -0.05) is 0 Å². The molecule has 0 spiro atoms. The number of pyridine rings is 1. The molecule has 0 amide bonds. The molecule has 4 nitrogen and oxygen atoms in total. The van der Waals surface area contributed by atoms with E-state index in [1.807, 2.05) is 17.5 Å². The van der Waals surface area contributed by atoms with Crippen molar-refractivity contribution in [3.8, 4) is 0 Å². The Labute approximate surface area is 81.5 Å². The van der Waals surface area contributed by atoms with Gasteiger partial charge in [-0.05, 0) is 24.6 Å². The van der Waals surface area contributed by atoms with E-state index in [1.54, 1.807) is 18.3 Å². The smallest absolute Gasteiger partial charge is 0.137 e. The number of rotatable bonds is 2. The molecule has 0 aliphatic carbocycles. The van der Waals surface area contributed by atoms with E-state index in [9.17, 15) is 5.11 Å². The lowest BCUT2D eigenvalue weighted by molar-refractivity contribution is 0.0956. The summed E-state index contributed by atoms with van der Waals surface area (Å²) in [5, 5.41) is 18.2. The van der Waals surface area contributed by atoms with Crippen molar-refractivity contribution in [1.29, 1.82) is 0 Å². The van der Waals surface area contributed by atoms with Crippen LogP contribution in [0.1, 0.15) is 17.4 Å². The Morgan fingerprint density at radius 1 is 1.57 bits per heavy atom. The van der Waals surface area contributed by atoms with Gasteiger partial charge >= 0.3 is 0 Å². The first-order valence-corrected chi connectivity index (χ1v) is 4.45. The minimum Gasteiger partial charge on any atom is -0.393 e. The second-order valence-electron chi connectivity index (χ2n) is 3.29. The molecule has 2 heterocycles. The van der Waals surface area contributed by atoms with E-state index in [0.29, 0.717) is 5.56 Å². The zero-order valence-electron chi connectivity index (χ0n) is 7.88. The third-order valence-corrected chi connectivity index (χ3v) is 2.28. The minimum absolute atomic E-state index is 0.268. The average molecular weight is 192 g/mol. The summed E-state index contributed by atoms with van der Waals surface area (Å²) in [4.78, 5) is 4.17. The van der Waals surface area contributed by atoms with Gasteiger partial charge in [-0.2, -0.15) is 0 Å². The molecule has 0 aliphatic rings. The van der Waals surface area contributed by atoms with E-state index in [2.05, 4.69) is 4.98 Å². The quantitative estimate of drug-likeness (QED) is 0.735. The van der Waals surface area contributed by atoms with E-state index < -0.39 is 6.10 Å². The van der Waals surface area contributed by atoms with Crippen molar-refractivity contribution in [1.82, 2.24) is 9.38 Å². The van der Waals surface area contributed by atoms with Crippen LogP contribution in [0, 0.1) is 6.92 Å². The molecule has 1 atom stereocenters. The van der Waals surface area contributed by atoms with Crippen LogP contribution in [0.3, 0.4) is 0 Å². The van der Waals surface area contributed by atoms with Gasteiger partial charge in [0.15, 0.2) is 0 Å². The van der Waals surface area contributed by atoms with Crippen molar-refractivity contribution in [2.75, 3.05) is 6.61 Å². The van der Waals surface area contributed by atoms with Crippen molar-refractivity contribution in [2.45, 2.75) is 13.0 Å². The highest BCUT2D eigenvalue weighted by atomic mass is 16.3. The van der Waals surface area contributed by atoms with Crippen LogP contribution in [0.2, 0.25) is 0 Å². The molecule has 14 heavy (non-hydrogen) atoms. The van der Waals surface area contributed by atoms with Gasteiger partial charge in [-0.25, -0.2) is 4.98 Å². The van der Waals surface area contributed by atoms with Gasteiger partial charge in [0, 0.05) is 18.1 Å². The minimum atomic E-state index is -0.822. The maximum atomic E-state index is 9.41. The highest BCUT2D eigenvalue weighted by molar-refractivity contribution is 5.43. The molecule has 2 N–H and O–H groups in total. The molecule has 0 aliphatic heterocycles. The summed E-state index contributed by atoms with van der Waals surface area (Å²) < 4.78 is 1.92. The summed E-state index contributed by atoms with van der Waals surface area (Å²) in [6, 6.07) is 3.55. The van der Waals surface area contributed by atoms with Crippen LogP contribution in [-0.2, 0) is 0 Å². The number of fused-ring (bicyclic) bond motifs is 1. The van der Waals surface area contributed by atoms with E-state index in [4.69, 9.17) is 5.11 Å². The molecular formula is C10H12N2O2. The summed E-state index contributed by atoms with van der Waals surface area (Å²) in [6.45, 7) is 1.69. The maximum Gasteiger partial charge on any atom is 0.137 e. The molecule has 0 saturated carbocycles. The van der Waals surface area contributed by atoms with Gasteiger partial charge in [-0.3, -0.25) is 0 Å². The van der Waals surface area contributed by atoms with Gasteiger partial charge in [-0.15, -0.1) is 0 Å². The Balaban J connectivity index is 2.52. The molecule has 0 radical (unpaired) electrons. The van der Waals surface area contributed by atoms with Crippen molar-refractivity contribution in [3.63, 3.8) is 0 Å². The number of aliphatic hydroxyl groups excluding tert-OH is 2. The average Bonchev–Trinajstić information content (AvgIpc) is 2.59. The van der Waals surface area contributed by atoms with Crippen LogP contribution < -0.4 is 0 Å². The third-order valence-electron chi connectivity index (χ3n) is 2.28.